The minimum atomic E-state index is -0.465. The molecule has 19 heavy (non-hydrogen) atoms. The molecular formula is C15H19ClFNO. The van der Waals surface area contributed by atoms with E-state index in [1.807, 2.05) is 0 Å². The second kappa shape index (κ2) is 6.49. The average molecular weight is 284 g/mol. The van der Waals surface area contributed by atoms with Crippen LogP contribution in [0.25, 0.3) is 0 Å². The van der Waals surface area contributed by atoms with Gasteiger partial charge in [0.2, 0.25) is 0 Å². The Morgan fingerprint density at radius 1 is 1.32 bits per heavy atom. The molecule has 0 aliphatic heterocycles. The summed E-state index contributed by atoms with van der Waals surface area (Å²) in [5, 5.41) is 0.0807. The maximum atomic E-state index is 13.7. The number of rotatable bonds is 4. The molecule has 0 bridgehead atoms. The number of ketones is 1. The van der Waals surface area contributed by atoms with Crippen molar-refractivity contribution in [1.29, 1.82) is 0 Å². The van der Waals surface area contributed by atoms with Crippen LogP contribution in [0, 0.1) is 17.7 Å². The fraction of sp³-hybridized carbons (Fsp3) is 0.533. The quantitative estimate of drug-likeness (QED) is 0.921. The lowest BCUT2D eigenvalue weighted by Gasteiger charge is -2.26. The number of benzene rings is 1. The van der Waals surface area contributed by atoms with Crippen molar-refractivity contribution in [3.05, 3.63) is 34.6 Å². The highest BCUT2D eigenvalue weighted by Crippen LogP contribution is 2.30. The first kappa shape index (κ1) is 14.5. The molecule has 1 saturated carbocycles. The average Bonchev–Trinajstić information content (AvgIpc) is 2.44. The van der Waals surface area contributed by atoms with Crippen molar-refractivity contribution < 1.29 is 9.18 Å². The van der Waals surface area contributed by atoms with Gasteiger partial charge in [0.15, 0.2) is 0 Å². The molecule has 2 rings (SSSR count). The Morgan fingerprint density at radius 3 is 2.63 bits per heavy atom. The first-order valence-electron chi connectivity index (χ1n) is 6.77. The van der Waals surface area contributed by atoms with E-state index in [1.54, 1.807) is 12.1 Å². The summed E-state index contributed by atoms with van der Waals surface area (Å²) in [5.74, 6) is 0.262. The molecule has 0 atom stereocenters. The fourth-order valence-electron chi connectivity index (χ4n) is 2.74. The van der Waals surface area contributed by atoms with E-state index in [-0.39, 0.29) is 23.1 Å². The number of carbonyl (C=O) groups excluding carboxylic acids is 1. The predicted molar refractivity (Wildman–Crippen MR) is 74.6 cm³/mol. The van der Waals surface area contributed by atoms with Gasteiger partial charge in [-0.2, -0.15) is 0 Å². The van der Waals surface area contributed by atoms with Crippen LogP contribution in [0.2, 0.25) is 5.02 Å². The highest BCUT2D eigenvalue weighted by atomic mass is 35.5. The van der Waals surface area contributed by atoms with Crippen molar-refractivity contribution in [3.8, 4) is 0 Å². The molecule has 0 saturated heterocycles. The van der Waals surface area contributed by atoms with Gasteiger partial charge >= 0.3 is 0 Å². The lowest BCUT2D eigenvalue weighted by atomic mass is 9.79. The van der Waals surface area contributed by atoms with Gasteiger partial charge in [0.25, 0.3) is 0 Å². The van der Waals surface area contributed by atoms with Gasteiger partial charge in [0.05, 0.1) is 5.02 Å². The van der Waals surface area contributed by atoms with Gasteiger partial charge in [-0.05, 0) is 49.8 Å². The zero-order chi connectivity index (χ0) is 13.8. The summed E-state index contributed by atoms with van der Waals surface area (Å²) in [7, 11) is 0. The molecule has 104 valence electrons. The van der Waals surface area contributed by atoms with Gasteiger partial charge < -0.3 is 5.73 Å². The number of hydrogen-bond donors (Lipinski definition) is 1. The number of nitrogens with two attached hydrogens (primary N) is 1. The molecule has 1 fully saturated rings. The number of carbonyl (C=O) groups is 1. The van der Waals surface area contributed by atoms with Gasteiger partial charge in [-0.25, -0.2) is 4.39 Å². The lowest BCUT2D eigenvalue weighted by molar-refractivity contribution is -0.123. The molecule has 2 nitrogen and oxygen atoms in total. The summed E-state index contributed by atoms with van der Waals surface area (Å²) in [6.07, 6.45) is 3.91. The Labute approximate surface area is 118 Å². The number of halogens is 2. The highest BCUT2D eigenvalue weighted by molar-refractivity contribution is 6.30. The Bertz CT molecular complexity index is 455. The molecule has 1 aliphatic rings. The Kier molecular flexibility index (Phi) is 4.94. The number of Topliss-reactive ketones (excluding diaryl/α,β-unsaturated/α-hetero) is 1. The molecule has 0 aromatic heterocycles. The molecule has 0 spiro atoms. The zero-order valence-corrected chi connectivity index (χ0v) is 11.6. The molecule has 1 aromatic carbocycles. The lowest BCUT2D eigenvalue weighted by Crippen LogP contribution is -2.26. The molecule has 4 heteroatoms. The predicted octanol–water partition coefficient (Wildman–Crippen LogP) is 3.36. The van der Waals surface area contributed by atoms with Crippen LogP contribution in [-0.4, -0.2) is 12.3 Å². The van der Waals surface area contributed by atoms with Crippen LogP contribution in [0.5, 0.6) is 0 Å². The van der Waals surface area contributed by atoms with E-state index in [2.05, 4.69) is 0 Å². The Balaban J connectivity index is 1.96. The van der Waals surface area contributed by atoms with Crippen LogP contribution in [-0.2, 0) is 11.2 Å². The standard InChI is InChI=1S/C15H19ClFNO/c16-13-3-1-2-12(15(13)17)8-14(19)11-6-4-10(9-18)5-7-11/h1-3,10-11H,4-9,18H2. The van der Waals surface area contributed by atoms with Crippen molar-refractivity contribution in [2.45, 2.75) is 32.1 Å². The molecule has 0 unspecified atom stereocenters. The van der Waals surface area contributed by atoms with E-state index in [1.165, 1.54) is 6.07 Å². The minimum Gasteiger partial charge on any atom is -0.330 e. The van der Waals surface area contributed by atoms with Gasteiger partial charge in [0.1, 0.15) is 11.6 Å². The monoisotopic (exact) mass is 283 g/mol. The van der Waals surface area contributed by atoms with E-state index in [9.17, 15) is 9.18 Å². The third kappa shape index (κ3) is 3.54. The summed E-state index contributed by atoms with van der Waals surface area (Å²) in [6.45, 7) is 0.698. The Hall–Kier alpha value is -0.930. The van der Waals surface area contributed by atoms with E-state index in [0.29, 0.717) is 18.0 Å². The second-order valence-electron chi connectivity index (χ2n) is 5.31. The second-order valence-corrected chi connectivity index (χ2v) is 5.72. The molecule has 0 radical (unpaired) electrons. The maximum absolute atomic E-state index is 13.7. The normalized spacial score (nSPS) is 23.3. The number of hydrogen-bond acceptors (Lipinski definition) is 2. The van der Waals surface area contributed by atoms with Crippen LogP contribution in [0.3, 0.4) is 0 Å². The van der Waals surface area contributed by atoms with Gasteiger partial charge in [-0.3, -0.25) is 4.79 Å². The van der Waals surface area contributed by atoms with Gasteiger partial charge in [0, 0.05) is 12.3 Å². The van der Waals surface area contributed by atoms with Gasteiger partial charge in [-0.15, -0.1) is 0 Å². The third-order valence-electron chi connectivity index (χ3n) is 4.03. The molecule has 1 aromatic rings. The van der Waals surface area contributed by atoms with Crippen LogP contribution in [0.4, 0.5) is 4.39 Å². The largest absolute Gasteiger partial charge is 0.330 e. The van der Waals surface area contributed by atoms with Crippen molar-refractivity contribution >= 4 is 17.4 Å². The fourth-order valence-corrected chi connectivity index (χ4v) is 2.93. The van der Waals surface area contributed by atoms with Crippen LogP contribution in [0.1, 0.15) is 31.2 Å². The minimum absolute atomic E-state index is 0.0566. The third-order valence-corrected chi connectivity index (χ3v) is 4.32. The van der Waals surface area contributed by atoms with Gasteiger partial charge in [-0.1, -0.05) is 23.7 Å². The van der Waals surface area contributed by atoms with E-state index in [4.69, 9.17) is 17.3 Å². The van der Waals surface area contributed by atoms with E-state index in [0.717, 1.165) is 25.7 Å². The van der Waals surface area contributed by atoms with Crippen LogP contribution < -0.4 is 5.73 Å². The maximum Gasteiger partial charge on any atom is 0.145 e. The summed E-state index contributed by atoms with van der Waals surface area (Å²) < 4.78 is 13.7. The summed E-state index contributed by atoms with van der Waals surface area (Å²) in [5.41, 5.74) is 6.04. The molecule has 0 amide bonds. The van der Waals surface area contributed by atoms with E-state index >= 15 is 0 Å². The van der Waals surface area contributed by atoms with Crippen LogP contribution in [0.15, 0.2) is 18.2 Å². The topological polar surface area (TPSA) is 43.1 Å². The first-order chi connectivity index (χ1) is 9.11. The SMILES string of the molecule is NCC1CCC(C(=O)Cc2cccc(Cl)c2F)CC1. The van der Waals surface area contributed by atoms with Crippen molar-refractivity contribution in [3.63, 3.8) is 0 Å². The van der Waals surface area contributed by atoms with E-state index < -0.39 is 5.82 Å². The molecule has 2 N–H and O–H groups in total. The first-order valence-corrected chi connectivity index (χ1v) is 7.15. The highest BCUT2D eigenvalue weighted by Gasteiger charge is 2.26. The summed E-state index contributed by atoms with van der Waals surface area (Å²) in [6, 6.07) is 4.81. The van der Waals surface area contributed by atoms with Crippen molar-refractivity contribution in [2.75, 3.05) is 6.54 Å². The van der Waals surface area contributed by atoms with Crippen molar-refractivity contribution in [1.82, 2.24) is 0 Å². The zero-order valence-electron chi connectivity index (χ0n) is 10.9. The molecule has 1 aliphatic carbocycles. The Morgan fingerprint density at radius 2 is 2.00 bits per heavy atom. The van der Waals surface area contributed by atoms with Crippen molar-refractivity contribution in [2.24, 2.45) is 17.6 Å². The molecule has 0 heterocycles. The summed E-state index contributed by atoms with van der Waals surface area (Å²) >= 11 is 5.72. The molecular weight excluding hydrogens is 265 g/mol. The smallest absolute Gasteiger partial charge is 0.145 e. The summed E-state index contributed by atoms with van der Waals surface area (Å²) in [4.78, 5) is 12.2. The van der Waals surface area contributed by atoms with Crippen LogP contribution >= 0.6 is 11.6 Å².